The molecule has 0 N–H and O–H groups in total. The molecule has 3 fully saturated rings. The van der Waals surface area contributed by atoms with Crippen molar-refractivity contribution in [3.8, 4) is 5.69 Å². The highest BCUT2D eigenvalue weighted by Gasteiger charge is 2.49. The van der Waals surface area contributed by atoms with E-state index in [-0.39, 0.29) is 48.6 Å². The zero-order valence-corrected chi connectivity index (χ0v) is 27.9. The number of likely N-dealkylation sites (tertiary alicyclic amines) is 1. The number of amides is 3. The zero-order chi connectivity index (χ0) is 32.7. The van der Waals surface area contributed by atoms with Gasteiger partial charge in [-0.3, -0.25) is 19.2 Å². The van der Waals surface area contributed by atoms with Gasteiger partial charge in [-0.05, 0) is 69.4 Å². The molecule has 242 valence electrons. The van der Waals surface area contributed by atoms with Gasteiger partial charge in [0.1, 0.15) is 5.69 Å². The number of carbonyl (C=O) groups is 4. The minimum absolute atomic E-state index is 0.169. The van der Waals surface area contributed by atoms with Crippen LogP contribution in [-0.4, -0.2) is 63.3 Å². The van der Waals surface area contributed by atoms with Gasteiger partial charge in [-0.2, -0.15) is 0 Å². The maximum absolute atomic E-state index is 13.8. The minimum atomic E-state index is -0.926. The molecule has 2 atom stereocenters. The predicted octanol–water partition coefficient (Wildman–Crippen LogP) is 6.24. The van der Waals surface area contributed by atoms with Crippen molar-refractivity contribution in [1.29, 1.82) is 0 Å². The molecule has 0 radical (unpaired) electrons. The second-order valence-electron chi connectivity index (χ2n) is 12.4. The van der Waals surface area contributed by atoms with Crippen molar-refractivity contribution in [2.24, 2.45) is 17.3 Å². The Kier molecular flexibility index (Phi) is 9.15. The molecule has 2 saturated heterocycles. The second kappa shape index (κ2) is 13.0. The Morgan fingerprint density at radius 3 is 2.22 bits per heavy atom. The lowest BCUT2D eigenvalue weighted by Crippen LogP contribution is -2.48. The number of fused-ring (bicyclic) bond motifs is 1. The Labute approximate surface area is 281 Å². The highest BCUT2D eigenvalue weighted by molar-refractivity contribution is 6.40. The third-order valence-corrected chi connectivity index (χ3v) is 10.3. The van der Waals surface area contributed by atoms with Crippen molar-refractivity contribution in [2.75, 3.05) is 24.6 Å². The molecule has 1 aliphatic carbocycles. The molecule has 2 aromatic carbocycles. The summed E-state index contributed by atoms with van der Waals surface area (Å²) in [6.07, 6.45) is 5.93. The number of carbonyl (C=O) groups excluding carboxylic acids is 4. The van der Waals surface area contributed by atoms with Gasteiger partial charge in [-0.15, -0.1) is 5.10 Å². The Bertz CT molecular complexity index is 1670. The van der Waals surface area contributed by atoms with E-state index in [1.807, 2.05) is 6.92 Å². The molecule has 13 heteroatoms. The summed E-state index contributed by atoms with van der Waals surface area (Å²) in [6.45, 7) is 4.41. The van der Waals surface area contributed by atoms with E-state index >= 15 is 0 Å². The number of rotatable bonds is 7. The van der Waals surface area contributed by atoms with E-state index in [2.05, 4.69) is 10.3 Å². The summed E-state index contributed by atoms with van der Waals surface area (Å²) < 4.78 is 6.95. The van der Waals surface area contributed by atoms with Crippen LogP contribution in [0, 0.1) is 24.2 Å². The van der Waals surface area contributed by atoms with Crippen LogP contribution in [0.4, 0.5) is 5.69 Å². The molecular weight excluding hydrogens is 653 g/mol. The molecule has 3 aromatic rings. The summed E-state index contributed by atoms with van der Waals surface area (Å²) in [5.74, 6) is -1.48. The lowest BCUT2D eigenvalue weighted by Gasteiger charge is -2.39. The number of nitrogens with zero attached hydrogens (tertiary/aromatic N) is 5. The SMILES string of the molecule is CCOC(=O)C1(Cc2cn(-c3c(Cl)cc(Cl)cc3Cl)nn2)CCN(C(=O)c2ccc(C)c(N3C(=O)C4CCCCC4C3=O)c2)CC1. The number of aromatic nitrogens is 3. The Morgan fingerprint density at radius 1 is 0.978 bits per heavy atom. The van der Waals surface area contributed by atoms with Gasteiger partial charge in [-0.25, -0.2) is 9.58 Å². The molecule has 1 saturated carbocycles. The van der Waals surface area contributed by atoms with E-state index in [9.17, 15) is 19.2 Å². The molecule has 3 amide bonds. The van der Waals surface area contributed by atoms with Crippen molar-refractivity contribution in [2.45, 2.75) is 58.8 Å². The normalized spacial score (nSPS) is 21.0. The molecule has 3 aliphatic rings. The number of piperidine rings is 1. The van der Waals surface area contributed by atoms with Crippen LogP contribution < -0.4 is 4.90 Å². The maximum Gasteiger partial charge on any atom is 0.312 e. The van der Waals surface area contributed by atoms with Crippen LogP contribution in [0.1, 0.15) is 67.1 Å². The van der Waals surface area contributed by atoms with Crippen molar-refractivity contribution >= 4 is 64.2 Å². The molecule has 6 rings (SSSR count). The molecule has 46 heavy (non-hydrogen) atoms. The van der Waals surface area contributed by atoms with Gasteiger partial charge in [0.2, 0.25) is 11.8 Å². The van der Waals surface area contributed by atoms with Gasteiger partial charge in [0.15, 0.2) is 0 Å². The van der Waals surface area contributed by atoms with E-state index in [4.69, 9.17) is 39.5 Å². The third kappa shape index (κ3) is 5.91. The number of ether oxygens (including phenoxy) is 1. The average molecular weight is 687 g/mol. The lowest BCUT2D eigenvalue weighted by atomic mass is 9.74. The first-order valence-electron chi connectivity index (χ1n) is 15.5. The van der Waals surface area contributed by atoms with Crippen molar-refractivity contribution in [1.82, 2.24) is 19.9 Å². The van der Waals surface area contributed by atoms with Gasteiger partial charge in [0, 0.05) is 30.1 Å². The monoisotopic (exact) mass is 685 g/mol. The van der Waals surface area contributed by atoms with E-state index in [0.717, 1.165) is 31.2 Å². The Balaban J connectivity index is 1.20. The number of anilines is 1. The van der Waals surface area contributed by atoms with Crippen LogP contribution in [0.5, 0.6) is 0 Å². The number of hydrogen-bond donors (Lipinski definition) is 0. The molecular formula is C33H34Cl3N5O5. The first-order chi connectivity index (χ1) is 22.0. The number of hydrogen-bond acceptors (Lipinski definition) is 7. The van der Waals surface area contributed by atoms with Crippen LogP contribution in [0.2, 0.25) is 15.1 Å². The molecule has 3 heterocycles. The van der Waals surface area contributed by atoms with E-state index in [1.54, 1.807) is 48.4 Å². The van der Waals surface area contributed by atoms with E-state index in [0.29, 0.717) is 63.6 Å². The Hall–Kier alpha value is -3.47. The number of esters is 1. The fourth-order valence-corrected chi connectivity index (χ4v) is 8.02. The largest absolute Gasteiger partial charge is 0.466 e. The highest BCUT2D eigenvalue weighted by Crippen LogP contribution is 2.42. The van der Waals surface area contributed by atoms with Crippen LogP contribution >= 0.6 is 34.8 Å². The maximum atomic E-state index is 13.8. The predicted molar refractivity (Wildman–Crippen MR) is 173 cm³/mol. The summed E-state index contributed by atoms with van der Waals surface area (Å²) in [4.78, 5) is 56.7. The Morgan fingerprint density at radius 2 is 1.61 bits per heavy atom. The van der Waals surface area contributed by atoms with Gasteiger partial charge in [0.05, 0.1) is 51.5 Å². The van der Waals surface area contributed by atoms with Crippen LogP contribution in [-0.2, 0) is 25.5 Å². The molecule has 0 spiro atoms. The summed E-state index contributed by atoms with van der Waals surface area (Å²) in [5, 5.41) is 9.47. The standard InChI is InChI=1S/C33H34Cl3N5O5/c1-3-46-32(45)33(17-22-18-40(38-37-22)28-25(35)15-21(34)16-26(28)36)10-12-39(13-11-33)29(42)20-9-8-19(2)27(14-20)41-30(43)23-6-4-5-7-24(23)31(41)44/h8-9,14-16,18,23-24H,3-7,10-13,17H2,1-2H3. The van der Waals surface area contributed by atoms with Crippen molar-refractivity contribution < 1.29 is 23.9 Å². The summed E-state index contributed by atoms with van der Waals surface area (Å²) in [7, 11) is 0. The van der Waals surface area contributed by atoms with E-state index in [1.165, 1.54) is 9.58 Å². The lowest BCUT2D eigenvalue weighted by molar-refractivity contribution is -0.158. The second-order valence-corrected chi connectivity index (χ2v) is 13.6. The topological polar surface area (TPSA) is 115 Å². The molecule has 1 aromatic heterocycles. The molecule has 2 unspecified atom stereocenters. The summed E-state index contributed by atoms with van der Waals surface area (Å²) in [6, 6.07) is 8.27. The van der Waals surface area contributed by atoms with Gasteiger partial charge < -0.3 is 9.64 Å². The van der Waals surface area contributed by atoms with E-state index < -0.39 is 5.41 Å². The highest BCUT2D eigenvalue weighted by atomic mass is 35.5. The van der Waals surface area contributed by atoms with Crippen LogP contribution in [0.3, 0.4) is 0 Å². The van der Waals surface area contributed by atoms with Gasteiger partial charge in [-0.1, -0.05) is 58.9 Å². The fourth-order valence-electron chi connectivity index (χ4n) is 7.03. The van der Waals surface area contributed by atoms with Crippen LogP contribution in [0.15, 0.2) is 36.5 Å². The number of imide groups is 1. The third-order valence-electron chi connectivity index (χ3n) is 9.53. The average Bonchev–Trinajstić information content (AvgIpc) is 3.58. The zero-order valence-electron chi connectivity index (χ0n) is 25.6. The smallest absolute Gasteiger partial charge is 0.312 e. The fraction of sp³-hybridized carbons (Fsp3) is 0.455. The molecule has 10 nitrogen and oxygen atoms in total. The quantitative estimate of drug-likeness (QED) is 0.213. The number of benzene rings is 2. The summed E-state index contributed by atoms with van der Waals surface area (Å²) >= 11 is 18.8. The molecule has 0 bridgehead atoms. The summed E-state index contributed by atoms with van der Waals surface area (Å²) in [5.41, 5.74) is 1.65. The molecule has 2 aliphatic heterocycles. The van der Waals surface area contributed by atoms with Crippen molar-refractivity contribution in [3.63, 3.8) is 0 Å². The number of halogens is 3. The minimum Gasteiger partial charge on any atom is -0.466 e. The first-order valence-corrected chi connectivity index (χ1v) is 16.7. The van der Waals surface area contributed by atoms with Gasteiger partial charge >= 0.3 is 5.97 Å². The van der Waals surface area contributed by atoms with Gasteiger partial charge in [0.25, 0.3) is 5.91 Å². The van der Waals surface area contributed by atoms with Crippen molar-refractivity contribution in [3.05, 3.63) is 68.4 Å². The van der Waals surface area contributed by atoms with Crippen LogP contribution in [0.25, 0.3) is 5.69 Å². The first kappa shape index (κ1) is 32.5. The number of aryl methyl sites for hydroxylation is 1.